The molecule has 1 aromatic heterocycles. The predicted octanol–water partition coefficient (Wildman–Crippen LogP) is 0.329. The first-order chi connectivity index (χ1) is 11.5. The van der Waals surface area contributed by atoms with Gasteiger partial charge in [0.25, 0.3) is 0 Å². The highest BCUT2D eigenvalue weighted by atomic mass is 32.1. The molecule has 0 spiro atoms. The van der Waals surface area contributed by atoms with Crippen LogP contribution in [0.2, 0.25) is 0 Å². The number of urea groups is 1. The molecule has 0 aromatic carbocycles. The molecule has 2 aliphatic heterocycles. The van der Waals surface area contributed by atoms with Gasteiger partial charge in [-0.25, -0.2) is 9.18 Å². The van der Waals surface area contributed by atoms with Crippen molar-refractivity contribution in [3.05, 3.63) is 22.4 Å². The van der Waals surface area contributed by atoms with E-state index in [1.165, 1.54) is 0 Å². The number of nitrogens with one attached hydrogen (secondary N) is 2. The summed E-state index contributed by atoms with van der Waals surface area (Å²) in [6.07, 6.45) is -0.511. The normalized spacial score (nSPS) is 24.5. The van der Waals surface area contributed by atoms with E-state index in [-0.39, 0.29) is 25.0 Å². The van der Waals surface area contributed by atoms with Crippen LogP contribution in [0.15, 0.2) is 17.5 Å². The lowest BCUT2D eigenvalue weighted by Crippen LogP contribution is -2.44. The van der Waals surface area contributed by atoms with E-state index in [9.17, 15) is 18.8 Å². The number of likely N-dealkylation sites (tertiary alicyclic amines) is 1. The number of carbonyl (C=O) groups excluding carboxylic acids is 3. The molecule has 0 saturated carbocycles. The van der Waals surface area contributed by atoms with Crippen LogP contribution >= 0.6 is 11.3 Å². The van der Waals surface area contributed by atoms with Gasteiger partial charge in [0.05, 0.1) is 0 Å². The molecule has 0 aliphatic carbocycles. The van der Waals surface area contributed by atoms with Crippen molar-refractivity contribution in [3.63, 3.8) is 0 Å². The van der Waals surface area contributed by atoms with Gasteiger partial charge in [-0.1, -0.05) is 6.07 Å². The average molecular weight is 354 g/mol. The zero-order valence-electron chi connectivity index (χ0n) is 13.0. The molecule has 2 aliphatic rings. The molecule has 0 radical (unpaired) electrons. The van der Waals surface area contributed by atoms with Crippen LogP contribution in [-0.4, -0.2) is 66.0 Å². The molecule has 7 nitrogen and oxygen atoms in total. The van der Waals surface area contributed by atoms with Gasteiger partial charge in [0.2, 0.25) is 11.8 Å². The minimum absolute atomic E-state index is 0.0694. The SMILES string of the molecule is O=C(CN1CC(=O)NC1=O)NC[C@@H]1C[C@H](F)CN1Cc1cccs1. The van der Waals surface area contributed by atoms with Gasteiger partial charge >= 0.3 is 6.03 Å². The summed E-state index contributed by atoms with van der Waals surface area (Å²) in [6.45, 7) is 1.08. The van der Waals surface area contributed by atoms with Crippen molar-refractivity contribution in [1.29, 1.82) is 0 Å². The van der Waals surface area contributed by atoms with E-state index in [2.05, 4.69) is 10.6 Å². The zero-order valence-corrected chi connectivity index (χ0v) is 13.9. The second-order valence-corrected chi connectivity index (χ2v) is 7.04. The second-order valence-electron chi connectivity index (χ2n) is 6.01. The Labute approximate surface area is 142 Å². The van der Waals surface area contributed by atoms with Crippen LogP contribution in [0, 0.1) is 0 Å². The monoisotopic (exact) mass is 354 g/mol. The van der Waals surface area contributed by atoms with Crippen LogP contribution < -0.4 is 10.6 Å². The number of alkyl halides is 1. The summed E-state index contributed by atoms with van der Waals surface area (Å²) in [7, 11) is 0. The van der Waals surface area contributed by atoms with E-state index in [1.54, 1.807) is 11.3 Å². The minimum Gasteiger partial charge on any atom is -0.353 e. The number of hydrogen-bond donors (Lipinski definition) is 2. The Morgan fingerprint density at radius 1 is 1.46 bits per heavy atom. The Hall–Kier alpha value is -2.00. The van der Waals surface area contributed by atoms with Gasteiger partial charge in [-0.3, -0.25) is 19.8 Å². The highest BCUT2D eigenvalue weighted by Gasteiger charge is 2.33. The van der Waals surface area contributed by atoms with E-state index in [1.807, 2.05) is 22.4 Å². The van der Waals surface area contributed by atoms with Gasteiger partial charge in [-0.2, -0.15) is 0 Å². The molecule has 24 heavy (non-hydrogen) atoms. The number of thiophene rings is 1. The van der Waals surface area contributed by atoms with E-state index in [0.717, 1.165) is 9.78 Å². The number of rotatable bonds is 6. The first-order valence-electron chi connectivity index (χ1n) is 7.77. The van der Waals surface area contributed by atoms with Crippen molar-refractivity contribution in [2.24, 2.45) is 0 Å². The fourth-order valence-electron chi connectivity index (χ4n) is 3.00. The fraction of sp³-hybridized carbons (Fsp3) is 0.533. The van der Waals surface area contributed by atoms with Gasteiger partial charge in [-0.05, 0) is 17.9 Å². The van der Waals surface area contributed by atoms with E-state index < -0.39 is 18.1 Å². The molecule has 1 aromatic rings. The molecule has 130 valence electrons. The average Bonchev–Trinajstić information content (AvgIpc) is 3.21. The summed E-state index contributed by atoms with van der Waals surface area (Å²) in [5.74, 6) is -0.760. The summed E-state index contributed by atoms with van der Waals surface area (Å²) < 4.78 is 13.7. The third kappa shape index (κ3) is 4.09. The molecule has 2 fully saturated rings. The Kier molecular flexibility index (Phi) is 5.10. The van der Waals surface area contributed by atoms with Crippen LogP contribution in [-0.2, 0) is 16.1 Å². The number of hydrogen-bond acceptors (Lipinski definition) is 5. The summed E-state index contributed by atoms with van der Waals surface area (Å²) in [5, 5.41) is 6.84. The topological polar surface area (TPSA) is 81.8 Å². The zero-order chi connectivity index (χ0) is 17.1. The first kappa shape index (κ1) is 16.8. The summed E-state index contributed by atoms with van der Waals surface area (Å²) in [4.78, 5) is 38.8. The van der Waals surface area contributed by atoms with Gasteiger partial charge in [0.15, 0.2) is 0 Å². The summed E-state index contributed by atoms with van der Waals surface area (Å²) >= 11 is 1.62. The van der Waals surface area contributed by atoms with Crippen LogP contribution in [0.4, 0.5) is 9.18 Å². The van der Waals surface area contributed by atoms with Crippen LogP contribution in [0.5, 0.6) is 0 Å². The Bertz CT molecular complexity index is 624. The quantitative estimate of drug-likeness (QED) is 0.722. The van der Waals surface area contributed by atoms with Crippen molar-refractivity contribution in [3.8, 4) is 0 Å². The summed E-state index contributed by atoms with van der Waals surface area (Å²) in [5.41, 5.74) is 0. The molecule has 2 N–H and O–H groups in total. The van der Waals surface area contributed by atoms with E-state index >= 15 is 0 Å². The summed E-state index contributed by atoms with van der Waals surface area (Å²) in [6, 6.07) is 3.34. The number of imide groups is 1. The fourth-order valence-corrected chi connectivity index (χ4v) is 3.73. The first-order valence-corrected chi connectivity index (χ1v) is 8.65. The Morgan fingerprint density at radius 3 is 2.96 bits per heavy atom. The van der Waals surface area contributed by atoms with Crippen molar-refractivity contribution in [2.45, 2.75) is 25.2 Å². The Balaban J connectivity index is 1.48. The van der Waals surface area contributed by atoms with Gasteiger partial charge in [-0.15, -0.1) is 11.3 Å². The van der Waals surface area contributed by atoms with Gasteiger partial charge in [0.1, 0.15) is 19.3 Å². The standard InChI is InChI=1S/C15H19FN4O3S/c16-10-4-11(19(6-10)7-12-2-1-3-24-12)5-17-13(21)8-20-9-14(22)18-15(20)23/h1-3,10-11H,4-9H2,(H,17,21)(H,18,22,23)/t10-,11-/m0/s1. The minimum atomic E-state index is -0.895. The predicted molar refractivity (Wildman–Crippen MR) is 86.2 cm³/mol. The van der Waals surface area contributed by atoms with Crippen LogP contribution in [0.3, 0.4) is 0 Å². The molecule has 4 amide bonds. The highest BCUT2D eigenvalue weighted by molar-refractivity contribution is 7.09. The number of carbonyl (C=O) groups is 3. The maximum absolute atomic E-state index is 13.7. The molecular weight excluding hydrogens is 335 g/mol. The maximum Gasteiger partial charge on any atom is 0.325 e. The van der Waals surface area contributed by atoms with Crippen LogP contribution in [0.25, 0.3) is 0 Å². The third-order valence-corrected chi connectivity index (χ3v) is 5.01. The lowest BCUT2D eigenvalue weighted by atomic mass is 10.2. The number of halogens is 1. The van der Waals surface area contributed by atoms with Crippen molar-refractivity contribution in [2.75, 3.05) is 26.2 Å². The molecule has 0 unspecified atom stereocenters. The molecule has 3 heterocycles. The number of amides is 4. The van der Waals surface area contributed by atoms with Crippen molar-refractivity contribution < 1.29 is 18.8 Å². The van der Waals surface area contributed by atoms with Gasteiger partial charge in [0, 0.05) is 30.6 Å². The van der Waals surface area contributed by atoms with Crippen molar-refractivity contribution in [1.82, 2.24) is 20.4 Å². The number of nitrogens with zero attached hydrogens (tertiary/aromatic N) is 2. The van der Waals surface area contributed by atoms with Crippen molar-refractivity contribution >= 4 is 29.2 Å². The van der Waals surface area contributed by atoms with E-state index in [4.69, 9.17) is 0 Å². The maximum atomic E-state index is 13.7. The largest absolute Gasteiger partial charge is 0.353 e. The highest BCUT2D eigenvalue weighted by Crippen LogP contribution is 2.23. The molecular formula is C15H19FN4O3S. The van der Waals surface area contributed by atoms with Gasteiger partial charge < -0.3 is 10.2 Å². The lowest BCUT2D eigenvalue weighted by Gasteiger charge is -2.24. The second kappa shape index (κ2) is 7.27. The molecule has 2 saturated heterocycles. The van der Waals surface area contributed by atoms with Crippen LogP contribution in [0.1, 0.15) is 11.3 Å². The molecule has 9 heteroatoms. The molecule has 0 bridgehead atoms. The smallest absolute Gasteiger partial charge is 0.325 e. The molecule has 3 rings (SSSR count). The lowest BCUT2D eigenvalue weighted by molar-refractivity contribution is -0.122. The molecule has 2 atom stereocenters. The Morgan fingerprint density at radius 2 is 2.29 bits per heavy atom. The third-order valence-electron chi connectivity index (χ3n) is 4.15. The van der Waals surface area contributed by atoms with E-state index in [0.29, 0.717) is 26.1 Å².